The average molecular weight is 642 g/mol. The molecule has 12 heteroatoms. The molecule has 0 bridgehead atoms. The number of carbonyl (C=O) groups excluding carboxylic acids is 2. The van der Waals surface area contributed by atoms with Crippen molar-refractivity contribution in [1.29, 1.82) is 0 Å². The third-order valence-electron chi connectivity index (χ3n) is 6.12. The molecule has 2 aromatic carbocycles. The second kappa shape index (κ2) is 12.8. The molecule has 0 unspecified atom stereocenters. The number of hydrogen-bond acceptors (Lipinski definition) is 7. The number of halogens is 4. The summed E-state index contributed by atoms with van der Waals surface area (Å²) < 4.78 is 12.5. The number of hydrogen-bond donors (Lipinski definition) is 1. The lowest BCUT2D eigenvalue weighted by Gasteiger charge is -2.27. The maximum Gasteiger partial charge on any atom is 0.338 e. The molecular formula is C28H24Cl4N2O5S. The van der Waals surface area contributed by atoms with E-state index in [1.165, 1.54) is 6.07 Å². The Labute approximate surface area is 254 Å². The highest BCUT2D eigenvalue weighted by Crippen LogP contribution is 2.41. The quantitative estimate of drug-likeness (QED) is 0.264. The summed E-state index contributed by atoms with van der Waals surface area (Å²) in [5, 5.41) is 1.31. The first-order valence-corrected chi connectivity index (χ1v) is 14.6. The first-order chi connectivity index (χ1) is 19.1. The maximum atomic E-state index is 13.7. The van der Waals surface area contributed by atoms with Crippen LogP contribution in [0.2, 0.25) is 20.1 Å². The fourth-order valence-corrected chi connectivity index (χ4v) is 6.38. The van der Waals surface area contributed by atoms with Crippen molar-refractivity contribution in [2.45, 2.75) is 32.6 Å². The van der Waals surface area contributed by atoms with Crippen LogP contribution in [0.3, 0.4) is 0 Å². The third kappa shape index (κ3) is 5.97. The predicted molar refractivity (Wildman–Crippen MR) is 160 cm³/mol. The SMILES string of the molecule is CCCCOC(=O)C1=C(N)n2c(s/c(=C\c3ccc(Cl)cc3Cl)c2=O)=C(C(=O)OCC)[C@H]1c1ccc(Cl)cc1Cl. The smallest absolute Gasteiger partial charge is 0.338 e. The molecule has 2 N–H and O–H groups in total. The van der Waals surface area contributed by atoms with Crippen LogP contribution in [0.4, 0.5) is 0 Å². The van der Waals surface area contributed by atoms with Crippen LogP contribution >= 0.6 is 57.7 Å². The lowest BCUT2D eigenvalue weighted by atomic mass is 9.83. The normalized spacial score (nSPS) is 15.3. The van der Waals surface area contributed by atoms with Crippen LogP contribution in [0, 0.1) is 0 Å². The summed E-state index contributed by atoms with van der Waals surface area (Å²) in [6.07, 6.45) is 2.97. The fourth-order valence-electron chi connectivity index (χ4n) is 4.25. The molecule has 2 heterocycles. The average Bonchev–Trinajstić information content (AvgIpc) is 3.21. The van der Waals surface area contributed by atoms with Crippen LogP contribution < -0.4 is 20.5 Å². The van der Waals surface area contributed by atoms with Gasteiger partial charge in [-0.25, -0.2) is 9.59 Å². The summed E-state index contributed by atoms with van der Waals surface area (Å²) in [5.74, 6) is -2.79. The van der Waals surface area contributed by atoms with Crippen molar-refractivity contribution >= 4 is 87.1 Å². The number of rotatable bonds is 8. The van der Waals surface area contributed by atoms with Crippen molar-refractivity contribution in [2.24, 2.45) is 5.73 Å². The predicted octanol–water partition coefficient (Wildman–Crippen LogP) is 5.33. The van der Waals surface area contributed by atoms with Gasteiger partial charge < -0.3 is 15.2 Å². The van der Waals surface area contributed by atoms with Gasteiger partial charge >= 0.3 is 11.9 Å². The number of nitrogens with two attached hydrogens (primary N) is 1. The van der Waals surface area contributed by atoms with Gasteiger partial charge in [0.1, 0.15) is 10.5 Å². The van der Waals surface area contributed by atoms with Crippen LogP contribution in [0.15, 0.2) is 46.8 Å². The van der Waals surface area contributed by atoms with E-state index in [1.807, 2.05) is 6.92 Å². The topological polar surface area (TPSA) is 101 Å². The maximum absolute atomic E-state index is 13.7. The molecule has 4 rings (SSSR count). The zero-order chi connectivity index (χ0) is 29.1. The van der Waals surface area contributed by atoms with E-state index in [9.17, 15) is 14.4 Å². The van der Waals surface area contributed by atoms with Gasteiger partial charge in [-0.2, -0.15) is 0 Å². The van der Waals surface area contributed by atoms with Gasteiger partial charge in [0.2, 0.25) is 0 Å². The van der Waals surface area contributed by atoms with Gasteiger partial charge in [-0.1, -0.05) is 71.9 Å². The van der Waals surface area contributed by atoms with Crippen molar-refractivity contribution in [1.82, 2.24) is 4.57 Å². The Hall–Kier alpha value is -2.75. The van der Waals surface area contributed by atoms with E-state index in [-0.39, 0.29) is 44.4 Å². The Morgan fingerprint density at radius 1 is 0.975 bits per heavy atom. The monoisotopic (exact) mass is 640 g/mol. The minimum atomic E-state index is -1.09. The highest BCUT2D eigenvalue weighted by atomic mass is 35.5. The van der Waals surface area contributed by atoms with Gasteiger partial charge in [0, 0.05) is 20.1 Å². The molecular weight excluding hydrogens is 618 g/mol. The number of carbonyl (C=O) groups is 2. The molecule has 1 aromatic heterocycles. The standard InChI is InChI=1S/C28H24Cl4N2O5S/c1-3-5-10-39-27(36)22-21(17-9-8-16(30)13-19(17)32)23(28(37)38-4-2)26-34(24(22)33)25(35)20(40-26)11-14-6-7-15(29)12-18(14)31/h6-9,11-13,21H,3-5,10,33H2,1-2H3/b20-11-/t21-/m0/s1. The number of benzene rings is 2. The molecule has 3 aromatic rings. The molecule has 0 spiro atoms. The van der Waals surface area contributed by atoms with Crippen LogP contribution in [-0.4, -0.2) is 29.7 Å². The molecule has 1 aliphatic heterocycles. The van der Waals surface area contributed by atoms with Gasteiger partial charge in [0.05, 0.1) is 34.8 Å². The van der Waals surface area contributed by atoms with Crippen molar-refractivity contribution in [3.05, 3.63) is 92.7 Å². The van der Waals surface area contributed by atoms with E-state index in [0.717, 1.165) is 22.3 Å². The van der Waals surface area contributed by atoms with Crippen LogP contribution in [0.1, 0.15) is 43.7 Å². The molecule has 0 fully saturated rings. The van der Waals surface area contributed by atoms with Gasteiger partial charge in [-0.05, 0) is 54.8 Å². The Morgan fingerprint density at radius 3 is 2.25 bits per heavy atom. The highest BCUT2D eigenvalue weighted by molar-refractivity contribution is 7.07. The molecule has 0 amide bonds. The van der Waals surface area contributed by atoms with Crippen LogP contribution in [-0.2, 0) is 19.1 Å². The van der Waals surface area contributed by atoms with Crippen molar-refractivity contribution in [3.8, 4) is 0 Å². The van der Waals surface area contributed by atoms with E-state index >= 15 is 0 Å². The van der Waals surface area contributed by atoms with E-state index in [1.54, 1.807) is 43.3 Å². The minimum absolute atomic E-state index is 0.0201. The molecule has 7 nitrogen and oxygen atoms in total. The van der Waals surface area contributed by atoms with Crippen molar-refractivity contribution in [2.75, 3.05) is 13.2 Å². The summed E-state index contributed by atoms with van der Waals surface area (Å²) in [5.41, 5.74) is 6.82. The summed E-state index contributed by atoms with van der Waals surface area (Å²) in [6.45, 7) is 3.78. The fraction of sp³-hybridized carbons (Fsp3) is 0.250. The Balaban J connectivity index is 2.10. The first kappa shape index (κ1) is 30.2. The number of fused-ring (bicyclic) bond motifs is 1. The van der Waals surface area contributed by atoms with Crippen LogP contribution in [0.5, 0.6) is 0 Å². The Morgan fingerprint density at radius 2 is 1.62 bits per heavy atom. The van der Waals surface area contributed by atoms with Gasteiger partial charge in [0.15, 0.2) is 0 Å². The van der Waals surface area contributed by atoms with E-state index in [0.29, 0.717) is 32.6 Å². The van der Waals surface area contributed by atoms with Crippen molar-refractivity contribution in [3.63, 3.8) is 0 Å². The van der Waals surface area contributed by atoms with E-state index in [4.69, 9.17) is 61.6 Å². The zero-order valence-electron chi connectivity index (χ0n) is 21.4. The molecule has 0 saturated heterocycles. The second-order valence-electron chi connectivity index (χ2n) is 8.74. The van der Waals surface area contributed by atoms with Gasteiger partial charge in [-0.3, -0.25) is 9.36 Å². The van der Waals surface area contributed by atoms with Gasteiger partial charge in [0.25, 0.3) is 5.56 Å². The molecule has 40 heavy (non-hydrogen) atoms. The lowest BCUT2D eigenvalue weighted by molar-refractivity contribution is -0.139. The molecule has 210 valence electrons. The summed E-state index contributed by atoms with van der Waals surface area (Å²) >= 11 is 26.1. The molecule has 1 aliphatic rings. The zero-order valence-corrected chi connectivity index (χ0v) is 25.3. The lowest BCUT2D eigenvalue weighted by Crippen LogP contribution is -2.42. The molecule has 0 radical (unpaired) electrons. The Bertz CT molecular complexity index is 1710. The van der Waals surface area contributed by atoms with E-state index in [2.05, 4.69) is 0 Å². The Kier molecular flexibility index (Phi) is 9.69. The number of nitrogens with zero attached hydrogens (tertiary/aromatic N) is 1. The number of thiazole rings is 1. The van der Waals surface area contributed by atoms with Crippen LogP contribution in [0.25, 0.3) is 17.5 Å². The first-order valence-electron chi connectivity index (χ1n) is 12.3. The largest absolute Gasteiger partial charge is 0.463 e. The molecule has 0 saturated carbocycles. The number of unbranched alkanes of at least 4 members (excludes halogenated alkanes) is 1. The highest BCUT2D eigenvalue weighted by Gasteiger charge is 2.40. The number of esters is 2. The second-order valence-corrected chi connectivity index (χ2v) is 11.5. The van der Waals surface area contributed by atoms with E-state index < -0.39 is 23.4 Å². The van der Waals surface area contributed by atoms with Gasteiger partial charge in [-0.15, -0.1) is 11.3 Å². The number of aromatic nitrogens is 1. The minimum Gasteiger partial charge on any atom is -0.463 e. The molecule has 0 aliphatic carbocycles. The summed E-state index contributed by atoms with van der Waals surface area (Å²) in [6, 6.07) is 9.53. The number of ether oxygens (including phenoxy) is 2. The molecule has 1 atom stereocenters. The third-order valence-corrected chi connectivity index (χ3v) is 8.35. The summed E-state index contributed by atoms with van der Waals surface area (Å²) in [4.78, 5) is 40.8. The summed E-state index contributed by atoms with van der Waals surface area (Å²) in [7, 11) is 0. The van der Waals surface area contributed by atoms with Crippen molar-refractivity contribution < 1.29 is 19.1 Å².